The number of hydrogen-bond donors (Lipinski definition) is 0. The SMILES string of the molecule is CCOC(=O)c1c(C)nn(-c2ccccc2)c1-c1ccccc1[N+](=O)[O-]. The lowest BCUT2D eigenvalue weighted by Crippen LogP contribution is -2.08. The van der Waals surface area contributed by atoms with E-state index >= 15 is 0 Å². The van der Waals surface area contributed by atoms with Crippen molar-refractivity contribution >= 4 is 11.7 Å². The molecule has 0 fully saturated rings. The summed E-state index contributed by atoms with van der Waals surface area (Å²) in [7, 11) is 0. The van der Waals surface area contributed by atoms with Gasteiger partial charge in [0.2, 0.25) is 0 Å². The van der Waals surface area contributed by atoms with E-state index in [2.05, 4.69) is 5.10 Å². The lowest BCUT2D eigenvalue weighted by molar-refractivity contribution is -0.384. The minimum atomic E-state index is -0.555. The summed E-state index contributed by atoms with van der Waals surface area (Å²) >= 11 is 0. The number of carbonyl (C=O) groups is 1. The Hall–Kier alpha value is -3.48. The monoisotopic (exact) mass is 351 g/mol. The van der Waals surface area contributed by atoms with Gasteiger partial charge in [-0.15, -0.1) is 0 Å². The number of aryl methyl sites for hydroxylation is 1. The maximum atomic E-state index is 12.5. The molecule has 0 radical (unpaired) electrons. The van der Waals surface area contributed by atoms with Gasteiger partial charge in [0.05, 0.1) is 34.2 Å². The van der Waals surface area contributed by atoms with Crippen LogP contribution in [-0.2, 0) is 4.74 Å². The first-order valence-corrected chi connectivity index (χ1v) is 8.10. The Morgan fingerprint density at radius 3 is 2.46 bits per heavy atom. The maximum Gasteiger partial charge on any atom is 0.342 e. The van der Waals surface area contributed by atoms with E-state index in [0.29, 0.717) is 22.6 Å². The topological polar surface area (TPSA) is 87.3 Å². The van der Waals surface area contributed by atoms with Gasteiger partial charge < -0.3 is 4.74 Å². The van der Waals surface area contributed by atoms with Gasteiger partial charge in [0.25, 0.3) is 5.69 Å². The van der Waals surface area contributed by atoms with Crippen molar-refractivity contribution in [3.8, 4) is 16.9 Å². The van der Waals surface area contributed by atoms with E-state index in [4.69, 9.17) is 4.74 Å². The second-order valence-corrected chi connectivity index (χ2v) is 5.55. The van der Waals surface area contributed by atoms with Crippen molar-refractivity contribution in [2.45, 2.75) is 13.8 Å². The molecular formula is C19H17N3O4. The van der Waals surface area contributed by atoms with E-state index in [-0.39, 0.29) is 17.9 Å². The largest absolute Gasteiger partial charge is 0.462 e. The number of esters is 1. The second-order valence-electron chi connectivity index (χ2n) is 5.55. The molecule has 0 bridgehead atoms. The van der Waals surface area contributed by atoms with E-state index in [1.807, 2.05) is 30.3 Å². The van der Waals surface area contributed by atoms with Crippen molar-refractivity contribution in [2.75, 3.05) is 6.61 Å². The van der Waals surface area contributed by atoms with Gasteiger partial charge >= 0.3 is 5.97 Å². The quantitative estimate of drug-likeness (QED) is 0.395. The van der Waals surface area contributed by atoms with Crippen molar-refractivity contribution in [3.05, 3.63) is 76.0 Å². The Balaban J connectivity index is 2.35. The molecule has 0 aliphatic rings. The van der Waals surface area contributed by atoms with Crippen LogP contribution in [0.25, 0.3) is 16.9 Å². The normalized spacial score (nSPS) is 10.5. The maximum absolute atomic E-state index is 12.5. The highest BCUT2D eigenvalue weighted by Crippen LogP contribution is 2.35. The van der Waals surface area contributed by atoms with E-state index in [9.17, 15) is 14.9 Å². The number of rotatable bonds is 5. The summed E-state index contributed by atoms with van der Waals surface area (Å²) in [5.74, 6) is -0.555. The molecule has 3 aromatic rings. The predicted octanol–water partition coefficient (Wildman–Crippen LogP) is 3.93. The highest BCUT2D eigenvalue weighted by Gasteiger charge is 2.28. The molecule has 1 aromatic heterocycles. The van der Waals surface area contributed by atoms with Crippen LogP contribution in [0.15, 0.2) is 54.6 Å². The molecule has 1 heterocycles. The number of nitrogens with zero attached hydrogens (tertiary/aromatic N) is 3. The number of hydrogen-bond acceptors (Lipinski definition) is 5. The Morgan fingerprint density at radius 1 is 1.15 bits per heavy atom. The molecule has 0 unspecified atom stereocenters. The molecule has 7 heteroatoms. The standard InChI is InChI=1S/C19H17N3O4/c1-3-26-19(23)17-13(2)20-21(14-9-5-4-6-10-14)18(17)15-11-7-8-12-16(15)22(24)25/h4-12H,3H2,1-2H3. The van der Waals surface area contributed by atoms with Crippen LogP contribution in [0.2, 0.25) is 0 Å². The third-order valence-electron chi connectivity index (χ3n) is 3.90. The van der Waals surface area contributed by atoms with Gasteiger partial charge in [-0.3, -0.25) is 10.1 Å². The van der Waals surface area contributed by atoms with E-state index < -0.39 is 10.9 Å². The van der Waals surface area contributed by atoms with Crippen molar-refractivity contribution in [3.63, 3.8) is 0 Å². The summed E-state index contributed by atoms with van der Waals surface area (Å²) in [5.41, 5.74) is 1.92. The third kappa shape index (κ3) is 3.06. The van der Waals surface area contributed by atoms with Crippen LogP contribution in [0.1, 0.15) is 23.0 Å². The predicted molar refractivity (Wildman–Crippen MR) is 96.3 cm³/mol. The lowest BCUT2D eigenvalue weighted by Gasteiger charge is -2.10. The summed E-state index contributed by atoms with van der Waals surface area (Å²) in [6.45, 7) is 3.59. The first kappa shape index (κ1) is 17.3. The van der Waals surface area contributed by atoms with E-state index in [1.165, 1.54) is 6.07 Å². The molecule has 26 heavy (non-hydrogen) atoms. The highest BCUT2D eigenvalue weighted by atomic mass is 16.6. The average molecular weight is 351 g/mol. The zero-order valence-corrected chi connectivity index (χ0v) is 14.4. The molecule has 0 spiro atoms. The zero-order valence-electron chi connectivity index (χ0n) is 14.4. The van der Waals surface area contributed by atoms with Gasteiger partial charge in [0.1, 0.15) is 5.56 Å². The Morgan fingerprint density at radius 2 is 1.81 bits per heavy atom. The van der Waals surface area contributed by atoms with Crippen molar-refractivity contribution in [1.29, 1.82) is 0 Å². The Kier molecular flexibility index (Phi) is 4.79. The minimum absolute atomic E-state index is 0.102. The molecule has 0 aliphatic heterocycles. The van der Waals surface area contributed by atoms with Gasteiger partial charge in [-0.2, -0.15) is 5.10 Å². The molecule has 0 saturated heterocycles. The molecule has 0 amide bonds. The van der Waals surface area contributed by atoms with Crippen LogP contribution < -0.4 is 0 Å². The summed E-state index contributed by atoms with van der Waals surface area (Å²) in [4.78, 5) is 23.6. The van der Waals surface area contributed by atoms with Crippen LogP contribution in [0, 0.1) is 17.0 Å². The summed E-state index contributed by atoms with van der Waals surface area (Å²) in [6, 6.07) is 15.4. The number of aromatic nitrogens is 2. The molecule has 0 saturated carbocycles. The number of para-hydroxylation sites is 2. The van der Waals surface area contributed by atoms with Gasteiger partial charge in [-0.1, -0.05) is 30.3 Å². The highest BCUT2D eigenvalue weighted by molar-refractivity contribution is 5.99. The molecule has 132 valence electrons. The van der Waals surface area contributed by atoms with Gasteiger partial charge in [-0.25, -0.2) is 9.48 Å². The van der Waals surface area contributed by atoms with E-state index in [0.717, 1.165) is 0 Å². The Labute approximate surface area is 150 Å². The molecule has 0 aliphatic carbocycles. The van der Waals surface area contributed by atoms with Crippen LogP contribution in [0.4, 0.5) is 5.69 Å². The van der Waals surface area contributed by atoms with Crippen LogP contribution in [0.3, 0.4) is 0 Å². The fourth-order valence-corrected chi connectivity index (χ4v) is 2.81. The number of nitro groups is 1. The minimum Gasteiger partial charge on any atom is -0.462 e. The molecule has 3 rings (SSSR count). The van der Waals surface area contributed by atoms with Crippen LogP contribution in [0.5, 0.6) is 0 Å². The number of carbonyl (C=O) groups excluding carboxylic acids is 1. The number of benzene rings is 2. The van der Waals surface area contributed by atoms with Crippen LogP contribution in [-0.4, -0.2) is 27.3 Å². The zero-order chi connectivity index (χ0) is 18.7. The van der Waals surface area contributed by atoms with E-state index in [1.54, 1.807) is 36.7 Å². The van der Waals surface area contributed by atoms with Gasteiger partial charge in [0, 0.05) is 6.07 Å². The first-order valence-electron chi connectivity index (χ1n) is 8.10. The molecule has 2 aromatic carbocycles. The molecule has 0 N–H and O–H groups in total. The Bertz CT molecular complexity index is 964. The number of nitro benzene ring substituents is 1. The lowest BCUT2D eigenvalue weighted by atomic mass is 10.0. The smallest absolute Gasteiger partial charge is 0.342 e. The average Bonchev–Trinajstić information content (AvgIpc) is 2.99. The third-order valence-corrected chi connectivity index (χ3v) is 3.90. The van der Waals surface area contributed by atoms with Crippen molar-refractivity contribution < 1.29 is 14.5 Å². The fraction of sp³-hybridized carbons (Fsp3) is 0.158. The second kappa shape index (κ2) is 7.18. The summed E-state index contributed by atoms with van der Waals surface area (Å²) in [6.07, 6.45) is 0. The molecular weight excluding hydrogens is 334 g/mol. The van der Waals surface area contributed by atoms with Crippen LogP contribution >= 0.6 is 0 Å². The first-order chi connectivity index (χ1) is 12.5. The van der Waals surface area contributed by atoms with Crippen molar-refractivity contribution in [1.82, 2.24) is 9.78 Å². The molecule has 7 nitrogen and oxygen atoms in total. The summed E-state index contributed by atoms with van der Waals surface area (Å²) < 4.78 is 6.70. The summed E-state index contributed by atoms with van der Waals surface area (Å²) in [5, 5.41) is 16.0. The number of ether oxygens (including phenoxy) is 1. The fourth-order valence-electron chi connectivity index (χ4n) is 2.81. The van der Waals surface area contributed by atoms with Gasteiger partial charge in [-0.05, 0) is 32.0 Å². The van der Waals surface area contributed by atoms with Crippen molar-refractivity contribution in [2.24, 2.45) is 0 Å². The van der Waals surface area contributed by atoms with Gasteiger partial charge in [0.15, 0.2) is 0 Å². The molecule has 0 atom stereocenters.